The van der Waals surface area contributed by atoms with Crippen LogP contribution in [0.4, 0.5) is 11.4 Å². The molecule has 2 aliphatic rings. The zero-order chi connectivity index (χ0) is 24.2. The van der Waals surface area contributed by atoms with Crippen molar-refractivity contribution < 1.29 is 4.79 Å². The highest BCUT2D eigenvalue weighted by molar-refractivity contribution is 7.99. The van der Waals surface area contributed by atoms with E-state index in [4.69, 9.17) is 16.6 Å². The van der Waals surface area contributed by atoms with E-state index in [1.165, 1.54) is 16.1 Å². The third-order valence-electron chi connectivity index (χ3n) is 6.49. The lowest BCUT2D eigenvalue weighted by atomic mass is 10.1. The van der Waals surface area contributed by atoms with Gasteiger partial charge in [-0.2, -0.15) is 0 Å². The molecule has 0 bridgehead atoms. The van der Waals surface area contributed by atoms with Crippen LogP contribution in [0.1, 0.15) is 29.3 Å². The summed E-state index contributed by atoms with van der Waals surface area (Å²) in [4.78, 5) is 24.9. The van der Waals surface area contributed by atoms with Crippen LogP contribution in [0, 0.1) is 0 Å². The van der Waals surface area contributed by atoms with Crippen LogP contribution in [0.5, 0.6) is 0 Å². The van der Waals surface area contributed by atoms with Crippen molar-refractivity contribution in [1.82, 2.24) is 10.2 Å². The normalized spacial score (nSPS) is 15.6. The summed E-state index contributed by atoms with van der Waals surface area (Å²) in [6.07, 6.45) is 0.845. The Kier molecular flexibility index (Phi) is 7.42. The van der Waals surface area contributed by atoms with E-state index in [1.807, 2.05) is 36.4 Å². The summed E-state index contributed by atoms with van der Waals surface area (Å²) in [6.45, 7) is 7.42. The Hall–Kier alpha value is -2.80. The number of halogens is 1. The van der Waals surface area contributed by atoms with Crippen molar-refractivity contribution in [3.63, 3.8) is 0 Å². The average Bonchev–Trinajstić information content (AvgIpc) is 3.05. The van der Waals surface area contributed by atoms with E-state index in [1.54, 1.807) is 11.8 Å². The lowest BCUT2D eigenvalue weighted by Gasteiger charge is -2.36. The molecule has 180 valence electrons. The minimum atomic E-state index is -0.0506. The zero-order valence-electron chi connectivity index (χ0n) is 19.8. The number of nitrogens with zero attached hydrogens (tertiary/aromatic N) is 3. The molecule has 1 fully saturated rings. The molecule has 0 saturated carbocycles. The molecule has 5 rings (SSSR count). The van der Waals surface area contributed by atoms with Gasteiger partial charge in [-0.25, -0.2) is 0 Å². The highest BCUT2D eigenvalue weighted by atomic mass is 35.5. The topological polar surface area (TPSA) is 47.9 Å². The smallest absolute Gasteiger partial charge is 0.251 e. The maximum absolute atomic E-state index is 12.9. The molecule has 0 spiro atoms. The number of benzene rings is 3. The Morgan fingerprint density at radius 2 is 1.83 bits per heavy atom. The number of carbonyl (C=O) groups excluding carboxylic acids is 1. The summed E-state index contributed by atoms with van der Waals surface area (Å²) in [7, 11) is 0. The maximum Gasteiger partial charge on any atom is 0.251 e. The third kappa shape index (κ3) is 5.56. The van der Waals surface area contributed by atoms with E-state index in [9.17, 15) is 4.79 Å². The summed E-state index contributed by atoms with van der Waals surface area (Å²) in [5.74, 6) is -0.0506. The number of anilines is 1. The molecule has 7 heteroatoms. The van der Waals surface area contributed by atoms with Crippen molar-refractivity contribution in [3.05, 3.63) is 82.9 Å². The predicted octanol–water partition coefficient (Wildman–Crippen LogP) is 5.89. The second kappa shape index (κ2) is 10.9. The Bertz CT molecular complexity index is 1250. The van der Waals surface area contributed by atoms with Crippen molar-refractivity contribution in [2.45, 2.75) is 23.1 Å². The number of carbonyl (C=O) groups is 1. The van der Waals surface area contributed by atoms with Gasteiger partial charge >= 0.3 is 0 Å². The van der Waals surface area contributed by atoms with Gasteiger partial charge in [-0.15, -0.1) is 0 Å². The van der Waals surface area contributed by atoms with Crippen LogP contribution < -0.4 is 10.2 Å². The Balaban J connectivity index is 1.17. The first-order valence-corrected chi connectivity index (χ1v) is 13.3. The Morgan fingerprint density at radius 3 is 2.63 bits per heavy atom. The molecule has 3 aromatic carbocycles. The van der Waals surface area contributed by atoms with Crippen molar-refractivity contribution in [2.75, 3.05) is 44.2 Å². The molecular weight excluding hydrogens is 476 g/mol. The van der Waals surface area contributed by atoms with Crippen LogP contribution in [-0.2, 0) is 0 Å². The number of nitrogens with one attached hydrogen (secondary N) is 1. The van der Waals surface area contributed by atoms with E-state index in [-0.39, 0.29) is 5.91 Å². The molecular formula is C28H29ClN4OS. The molecule has 5 nitrogen and oxygen atoms in total. The zero-order valence-corrected chi connectivity index (χ0v) is 21.4. The molecule has 2 aliphatic heterocycles. The van der Waals surface area contributed by atoms with E-state index in [2.05, 4.69) is 52.4 Å². The van der Waals surface area contributed by atoms with E-state index in [0.29, 0.717) is 12.1 Å². The van der Waals surface area contributed by atoms with E-state index >= 15 is 0 Å². The second-order valence-electron chi connectivity index (χ2n) is 8.76. The molecule has 2 heterocycles. The standard InChI is InChI=1S/C28H29ClN4OS/c1-2-24-23-8-3-4-9-26(23)35-27-11-10-20(18-25(27)31-24)28(34)30-12-13-32-14-16-33(17-15-32)22-7-5-6-21(29)19-22/h3-11,18-19H,2,12-17H2,1H3,(H,30,34). The fourth-order valence-corrected chi connectivity index (χ4v) is 5.76. The van der Waals surface area contributed by atoms with Crippen molar-refractivity contribution in [1.29, 1.82) is 0 Å². The van der Waals surface area contributed by atoms with Crippen LogP contribution in [0.2, 0.25) is 5.02 Å². The van der Waals surface area contributed by atoms with Crippen LogP contribution in [0.3, 0.4) is 0 Å². The van der Waals surface area contributed by atoms with Crippen LogP contribution >= 0.6 is 23.4 Å². The monoisotopic (exact) mass is 504 g/mol. The van der Waals surface area contributed by atoms with Gasteiger partial charge in [0.2, 0.25) is 0 Å². The summed E-state index contributed by atoms with van der Waals surface area (Å²) in [5, 5.41) is 3.86. The summed E-state index contributed by atoms with van der Waals surface area (Å²) < 4.78 is 0. The predicted molar refractivity (Wildman–Crippen MR) is 146 cm³/mol. The highest BCUT2D eigenvalue weighted by Gasteiger charge is 2.19. The molecule has 1 amide bonds. The van der Waals surface area contributed by atoms with E-state index in [0.717, 1.165) is 60.5 Å². The Labute approximate surface area is 216 Å². The molecule has 0 aromatic heterocycles. The van der Waals surface area contributed by atoms with Gasteiger partial charge in [-0.1, -0.05) is 54.6 Å². The van der Waals surface area contributed by atoms with Crippen molar-refractivity contribution >= 4 is 46.4 Å². The van der Waals surface area contributed by atoms with Crippen molar-refractivity contribution in [3.8, 4) is 0 Å². The maximum atomic E-state index is 12.9. The van der Waals surface area contributed by atoms with Gasteiger partial charge < -0.3 is 10.2 Å². The molecule has 0 unspecified atom stereocenters. The van der Waals surface area contributed by atoms with Gasteiger partial charge in [0.15, 0.2) is 0 Å². The van der Waals surface area contributed by atoms with E-state index < -0.39 is 0 Å². The molecule has 0 atom stereocenters. The number of amides is 1. The molecule has 1 N–H and O–H groups in total. The van der Waals surface area contributed by atoms with Gasteiger partial charge in [-0.05, 0) is 48.9 Å². The molecule has 1 saturated heterocycles. The Morgan fingerprint density at radius 1 is 1.00 bits per heavy atom. The molecule has 35 heavy (non-hydrogen) atoms. The minimum Gasteiger partial charge on any atom is -0.369 e. The summed E-state index contributed by atoms with van der Waals surface area (Å²) in [5.41, 5.74) is 4.93. The van der Waals surface area contributed by atoms with Gasteiger partial charge in [0, 0.05) is 76.6 Å². The summed E-state index contributed by atoms with van der Waals surface area (Å²) in [6, 6.07) is 22.2. The summed E-state index contributed by atoms with van der Waals surface area (Å²) >= 11 is 7.85. The number of fused-ring (bicyclic) bond motifs is 2. The highest BCUT2D eigenvalue weighted by Crippen LogP contribution is 2.41. The number of hydrogen-bond donors (Lipinski definition) is 1. The molecule has 0 aliphatic carbocycles. The molecule has 3 aromatic rings. The number of rotatable bonds is 6. The lowest BCUT2D eigenvalue weighted by Crippen LogP contribution is -2.48. The number of hydrogen-bond acceptors (Lipinski definition) is 5. The van der Waals surface area contributed by atoms with Crippen LogP contribution in [-0.4, -0.2) is 55.8 Å². The van der Waals surface area contributed by atoms with Gasteiger partial charge in [-0.3, -0.25) is 14.7 Å². The second-order valence-corrected chi connectivity index (χ2v) is 10.3. The first-order valence-electron chi connectivity index (χ1n) is 12.1. The quantitative estimate of drug-likeness (QED) is 0.455. The van der Waals surface area contributed by atoms with Crippen LogP contribution in [0.15, 0.2) is 81.5 Å². The fourth-order valence-electron chi connectivity index (χ4n) is 4.55. The number of aliphatic imine (C=N–C) groups is 1. The molecule has 0 radical (unpaired) electrons. The third-order valence-corrected chi connectivity index (χ3v) is 7.86. The number of piperazine rings is 1. The fraction of sp³-hybridized carbons (Fsp3) is 0.286. The largest absolute Gasteiger partial charge is 0.369 e. The van der Waals surface area contributed by atoms with Crippen molar-refractivity contribution in [2.24, 2.45) is 4.99 Å². The average molecular weight is 505 g/mol. The van der Waals surface area contributed by atoms with Crippen LogP contribution in [0.25, 0.3) is 0 Å². The SMILES string of the molecule is CCC1=Nc2cc(C(=O)NCCN3CCN(c4cccc(Cl)c4)CC3)ccc2Sc2ccccc21. The first-order chi connectivity index (χ1) is 17.1. The first kappa shape index (κ1) is 23.9. The minimum absolute atomic E-state index is 0.0506. The van der Waals surface area contributed by atoms with Gasteiger partial charge in [0.05, 0.1) is 5.69 Å². The lowest BCUT2D eigenvalue weighted by molar-refractivity contribution is 0.0947. The van der Waals surface area contributed by atoms with Gasteiger partial charge in [0.25, 0.3) is 5.91 Å². The van der Waals surface area contributed by atoms with Gasteiger partial charge in [0.1, 0.15) is 0 Å².